The molecular weight excluding hydrogens is 330 g/mol. The Morgan fingerprint density at radius 1 is 1.23 bits per heavy atom. The second kappa shape index (κ2) is 6.05. The van der Waals surface area contributed by atoms with E-state index in [1.165, 1.54) is 0 Å². The quantitative estimate of drug-likeness (QED) is 0.709. The fourth-order valence-electron chi connectivity index (χ4n) is 3.21. The maximum absolute atomic E-state index is 5.15. The van der Waals surface area contributed by atoms with Gasteiger partial charge in [-0.25, -0.2) is 0 Å². The van der Waals surface area contributed by atoms with Crippen molar-refractivity contribution in [2.24, 2.45) is 0 Å². The lowest BCUT2D eigenvalue weighted by Gasteiger charge is -2.44. The maximum Gasteiger partial charge on any atom is 0.178 e. The molecule has 1 fully saturated rings. The molecule has 0 unspecified atom stereocenters. The van der Waals surface area contributed by atoms with Crippen LogP contribution in [0.3, 0.4) is 0 Å². The molecule has 3 aromatic heterocycles. The zero-order valence-electron chi connectivity index (χ0n) is 16.0. The highest BCUT2D eigenvalue weighted by Gasteiger charge is 2.32. The molecule has 0 amide bonds. The van der Waals surface area contributed by atoms with Gasteiger partial charge in [0.2, 0.25) is 0 Å². The van der Waals surface area contributed by atoms with E-state index < -0.39 is 0 Å². The Morgan fingerprint density at radius 3 is 2.65 bits per heavy atom. The molecule has 0 aliphatic carbocycles. The molecule has 0 spiro atoms. The van der Waals surface area contributed by atoms with Crippen molar-refractivity contribution in [3.05, 3.63) is 35.5 Å². The zero-order valence-corrected chi connectivity index (χ0v) is 16.0. The molecule has 1 saturated heterocycles. The van der Waals surface area contributed by atoms with Gasteiger partial charge in [0.05, 0.1) is 5.69 Å². The predicted molar refractivity (Wildman–Crippen MR) is 98.2 cm³/mol. The van der Waals surface area contributed by atoms with Crippen molar-refractivity contribution in [3.8, 4) is 0 Å². The van der Waals surface area contributed by atoms with Crippen molar-refractivity contribution in [1.29, 1.82) is 0 Å². The molecule has 138 valence electrons. The third-order valence-electron chi connectivity index (χ3n) is 4.82. The van der Waals surface area contributed by atoms with E-state index in [1.54, 1.807) is 0 Å². The Balaban J connectivity index is 1.45. The lowest BCUT2D eigenvalue weighted by atomic mass is 9.96. The van der Waals surface area contributed by atoms with Crippen LogP contribution in [0.5, 0.6) is 0 Å². The monoisotopic (exact) mass is 355 g/mol. The van der Waals surface area contributed by atoms with E-state index in [9.17, 15) is 0 Å². The van der Waals surface area contributed by atoms with Crippen molar-refractivity contribution >= 4 is 11.5 Å². The summed E-state index contributed by atoms with van der Waals surface area (Å²) in [5.74, 6) is 2.69. The maximum atomic E-state index is 5.15. The summed E-state index contributed by atoms with van der Waals surface area (Å²) in [4.78, 5) is 4.59. The van der Waals surface area contributed by atoms with Crippen molar-refractivity contribution in [2.75, 3.05) is 25.0 Å². The summed E-state index contributed by atoms with van der Waals surface area (Å²) in [6.45, 7) is 11.0. The van der Waals surface area contributed by atoms with Crippen LogP contribution in [0.1, 0.15) is 38.0 Å². The SMILES string of the molecule is Cc1cc(CN(C)C2CN(c3ccc4nnc(C(C)(C)C)n4n3)C2)no1. The molecule has 8 nitrogen and oxygen atoms in total. The standard InChI is InChI=1S/C18H25N7O/c1-12-8-13(22-26-12)9-23(5)14-10-24(11-14)16-7-6-15-19-20-17(18(2,3)4)25(15)21-16/h6-8,14H,9-11H2,1-5H3. The van der Waals surface area contributed by atoms with E-state index in [0.717, 1.165) is 48.4 Å². The van der Waals surface area contributed by atoms with Gasteiger partial charge in [-0.1, -0.05) is 25.9 Å². The topological polar surface area (TPSA) is 75.6 Å². The third-order valence-corrected chi connectivity index (χ3v) is 4.82. The Labute approximate surface area is 152 Å². The molecule has 8 heteroatoms. The third kappa shape index (κ3) is 3.05. The van der Waals surface area contributed by atoms with Crippen LogP contribution in [-0.4, -0.2) is 56.0 Å². The summed E-state index contributed by atoms with van der Waals surface area (Å²) in [7, 11) is 2.13. The Morgan fingerprint density at radius 2 is 2.00 bits per heavy atom. The Kier molecular flexibility index (Phi) is 3.95. The summed E-state index contributed by atoms with van der Waals surface area (Å²) >= 11 is 0. The van der Waals surface area contributed by atoms with Crippen LogP contribution in [0.15, 0.2) is 22.7 Å². The number of fused-ring (bicyclic) bond motifs is 1. The number of hydrogen-bond donors (Lipinski definition) is 0. The molecule has 0 bridgehead atoms. The lowest BCUT2D eigenvalue weighted by Crippen LogP contribution is -2.58. The minimum absolute atomic E-state index is 0.0987. The second-order valence-electron chi connectivity index (χ2n) is 8.14. The smallest absolute Gasteiger partial charge is 0.178 e. The van der Waals surface area contributed by atoms with Gasteiger partial charge in [-0.3, -0.25) is 4.90 Å². The predicted octanol–water partition coefficient (Wildman–Crippen LogP) is 2.04. The van der Waals surface area contributed by atoms with E-state index in [4.69, 9.17) is 9.62 Å². The molecule has 0 N–H and O–H groups in total. The van der Waals surface area contributed by atoms with Gasteiger partial charge in [0.1, 0.15) is 11.6 Å². The molecule has 1 aliphatic heterocycles. The highest BCUT2D eigenvalue weighted by molar-refractivity contribution is 5.48. The Bertz CT molecular complexity index is 917. The first-order chi connectivity index (χ1) is 12.3. The summed E-state index contributed by atoms with van der Waals surface area (Å²) in [5, 5.41) is 17.4. The molecule has 0 radical (unpaired) electrons. The van der Waals surface area contributed by atoms with Gasteiger partial charge in [0, 0.05) is 37.2 Å². The van der Waals surface area contributed by atoms with Crippen molar-refractivity contribution in [1.82, 2.24) is 29.9 Å². The first kappa shape index (κ1) is 17.0. The molecule has 0 atom stereocenters. The van der Waals surface area contributed by atoms with Crippen molar-refractivity contribution in [3.63, 3.8) is 0 Å². The average molecular weight is 355 g/mol. The highest BCUT2D eigenvalue weighted by atomic mass is 16.5. The van der Waals surface area contributed by atoms with E-state index in [1.807, 2.05) is 29.6 Å². The van der Waals surface area contributed by atoms with Crippen LogP contribution in [0, 0.1) is 6.92 Å². The second-order valence-corrected chi connectivity index (χ2v) is 8.14. The minimum Gasteiger partial charge on any atom is -0.361 e. The van der Waals surface area contributed by atoms with Crippen molar-refractivity contribution < 1.29 is 4.52 Å². The van der Waals surface area contributed by atoms with Gasteiger partial charge >= 0.3 is 0 Å². The highest BCUT2D eigenvalue weighted by Crippen LogP contribution is 2.25. The summed E-state index contributed by atoms with van der Waals surface area (Å²) in [6.07, 6.45) is 0. The summed E-state index contributed by atoms with van der Waals surface area (Å²) in [6, 6.07) is 6.48. The van der Waals surface area contributed by atoms with Crippen LogP contribution in [0.4, 0.5) is 5.82 Å². The first-order valence-electron chi connectivity index (χ1n) is 8.91. The van der Waals surface area contributed by atoms with Crippen LogP contribution >= 0.6 is 0 Å². The van der Waals surface area contributed by atoms with Crippen LogP contribution in [-0.2, 0) is 12.0 Å². The summed E-state index contributed by atoms with van der Waals surface area (Å²) < 4.78 is 7.01. The van der Waals surface area contributed by atoms with E-state index in [-0.39, 0.29) is 5.41 Å². The van der Waals surface area contributed by atoms with E-state index in [0.29, 0.717) is 6.04 Å². The molecule has 3 aromatic rings. The molecular formula is C18H25N7O. The molecule has 26 heavy (non-hydrogen) atoms. The van der Waals surface area contributed by atoms with Crippen LogP contribution < -0.4 is 4.90 Å². The van der Waals surface area contributed by atoms with Gasteiger partial charge in [-0.15, -0.1) is 15.3 Å². The largest absolute Gasteiger partial charge is 0.361 e. The fraction of sp³-hybridized carbons (Fsp3) is 0.556. The molecule has 4 heterocycles. The molecule has 1 aliphatic rings. The number of aromatic nitrogens is 5. The van der Waals surface area contributed by atoms with Gasteiger partial charge < -0.3 is 9.42 Å². The number of hydrogen-bond acceptors (Lipinski definition) is 7. The number of nitrogens with zero attached hydrogens (tertiary/aromatic N) is 7. The lowest BCUT2D eigenvalue weighted by molar-refractivity contribution is 0.191. The molecule has 0 aromatic carbocycles. The van der Waals surface area contributed by atoms with E-state index >= 15 is 0 Å². The number of likely N-dealkylation sites (N-methyl/N-ethyl adjacent to an activating group) is 1. The molecule has 4 rings (SSSR count). The molecule has 0 saturated carbocycles. The van der Waals surface area contributed by atoms with Gasteiger partial charge in [-0.05, 0) is 26.1 Å². The number of anilines is 1. The minimum atomic E-state index is -0.0987. The normalized spacial score (nSPS) is 15.8. The van der Waals surface area contributed by atoms with Gasteiger partial charge in [-0.2, -0.15) is 4.52 Å². The zero-order chi connectivity index (χ0) is 18.5. The fourth-order valence-corrected chi connectivity index (χ4v) is 3.21. The number of aryl methyl sites for hydroxylation is 1. The Hall–Kier alpha value is -2.48. The van der Waals surface area contributed by atoms with Gasteiger partial charge in [0.25, 0.3) is 0 Å². The summed E-state index contributed by atoms with van der Waals surface area (Å²) in [5.41, 5.74) is 1.66. The first-order valence-corrected chi connectivity index (χ1v) is 8.91. The van der Waals surface area contributed by atoms with Crippen LogP contribution in [0.2, 0.25) is 0 Å². The van der Waals surface area contributed by atoms with E-state index in [2.05, 4.69) is 53.0 Å². The number of rotatable bonds is 4. The van der Waals surface area contributed by atoms with Crippen LogP contribution in [0.25, 0.3) is 5.65 Å². The van der Waals surface area contributed by atoms with Crippen molar-refractivity contribution in [2.45, 2.75) is 45.7 Å². The van der Waals surface area contributed by atoms with Gasteiger partial charge in [0.15, 0.2) is 11.5 Å². The average Bonchev–Trinajstić information content (AvgIpc) is 3.11.